The summed E-state index contributed by atoms with van der Waals surface area (Å²) in [6.07, 6.45) is 7.49. The molecule has 10 aliphatic rings. The molecule has 8 heterocycles. The van der Waals surface area contributed by atoms with E-state index >= 15 is 0 Å². The van der Waals surface area contributed by atoms with Crippen LogP contribution in [0.3, 0.4) is 0 Å². The number of carbonyl (C=O) groups excluding carboxylic acids is 2. The zero-order valence-corrected chi connectivity index (χ0v) is 41.2. The summed E-state index contributed by atoms with van der Waals surface area (Å²) < 4.78 is 38.9. The summed E-state index contributed by atoms with van der Waals surface area (Å²) in [5, 5.41) is 6.11. The Bertz CT molecular complexity index is 1950. The van der Waals surface area contributed by atoms with Crippen molar-refractivity contribution < 1.29 is 57.6 Å². The van der Waals surface area contributed by atoms with E-state index in [9.17, 15) is 9.59 Å². The Morgan fingerprint density at radius 3 is 1.41 bits per heavy atom. The third-order valence-electron chi connectivity index (χ3n) is 17.5. The Hall–Kier alpha value is -3.06. The second-order valence-corrected chi connectivity index (χ2v) is 22.1. The first-order chi connectivity index (χ1) is 32.7. The predicted octanol–water partition coefficient (Wildman–Crippen LogP) is 8.01. The quantitative estimate of drug-likeness (QED) is 0.124. The van der Waals surface area contributed by atoms with Crippen molar-refractivity contribution in [2.75, 3.05) is 33.2 Å². The predicted molar refractivity (Wildman–Crippen MR) is 248 cm³/mol. The lowest BCUT2D eigenvalue weighted by atomic mass is 9.58. The van der Waals surface area contributed by atoms with Gasteiger partial charge >= 0.3 is 0 Å². The maximum absolute atomic E-state index is 13.0. The topological polar surface area (TPSA) is 154 Å². The number of hydrogen-bond donors (Lipinski definition) is 2. The normalized spacial score (nSPS) is 41.3. The number of amides is 2. The van der Waals surface area contributed by atoms with Crippen LogP contribution in [0.25, 0.3) is 0 Å². The third kappa shape index (κ3) is 9.10. The van der Waals surface area contributed by atoms with E-state index in [1.807, 2.05) is 62.4 Å². The molecule has 2 aromatic carbocycles. The van der Waals surface area contributed by atoms with Gasteiger partial charge in [0.05, 0.1) is 13.2 Å². The maximum Gasteiger partial charge on any atom is 0.251 e. The van der Waals surface area contributed by atoms with Crippen molar-refractivity contribution in [1.29, 1.82) is 0 Å². The molecule has 4 bridgehead atoms. The number of fused-ring (bicyclic) bond motifs is 4. The Labute approximate surface area is 402 Å². The van der Waals surface area contributed by atoms with Gasteiger partial charge in [0, 0.05) is 60.7 Å². The first-order valence-electron chi connectivity index (χ1n) is 25.8. The molecule has 10 fully saturated rings. The van der Waals surface area contributed by atoms with Crippen molar-refractivity contribution in [2.45, 2.75) is 167 Å². The molecule has 68 heavy (non-hydrogen) atoms. The molecule has 6 unspecified atom stereocenters. The number of ether oxygens (including phenoxy) is 6. The van der Waals surface area contributed by atoms with Crippen LogP contribution in [0, 0.1) is 47.3 Å². The fraction of sp³-hybridized carbons (Fsp3) is 0.736. The Balaban J connectivity index is 0.604. The molecule has 2 saturated carbocycles. The summed E-state index contributed by atoms with van der Waals surface area (Å²) in [7, 11) is 2.06. The lowest BCUT2D eigenvalue weighted by Crippen LogP contribution is -2.70. The lowest BCUT2D eigenvalue weighted by molar-refractivity contribution is -0.577. The summed E-state index contributed by atoms with van der Waals surface area (Å²) in [6.45, 7) is 16.4. The van der Waals surface area contributed by atoms with Crippen LogP contribution in [-0.2, 0) is 61.2 Å². The molecule has 16 atom stereocenters. The zero-order chi connectivity index (χ0) is 47.4. The van der Waals surface area contributed by atoms with Gasteiger partial charge in [-0.1, -0.05) is 52.0 Å². The van der Waals surface area contributed by atoms with E-state index in [0.29, 0.717) is 61.1 Å². The molecular formula is C53H75N3O12. The minimum atomic E-state index is -0.822. The first-order valence-corrected chi connectivity index (χ1v) is 25.8. The van der Waals surface area contributed by atoms with Crippen LogP contribution in [0.15, 0.2) is 48.5 Å². The van der Waals surface area contributed by atoms with Gasteiger partial charge in [-0.05, 0) is 144 Å². The fourth-order valence-electron chi connectivity index (χ4n) is 13.4. The average Bonchev–Trinajstić information content (AvgIpc) is 3.71. The van der Waals surface area contributed by atoms with Crippen molar-refractivity contribution >= 4 is 11.8 Å². The number of hydrogen-bond acceptors (Lipinski definition) is 13. The lowest BCUT2D eigenvalue weighted by Gasteiger charge is -2.60. The maximum atomic E-state index is 13.0. The largest absolute Gasteiger partial charge is 0.352 e. The van der Waals surface area contributed by atoms with E-state index in [1.165, 1.54) is 0 Å². The van der Waals surface area contributed by atoms with E-state index in [1.54, 1.807) is 0 Å². The van der Waals surface area contributed by atoms with Crippen LogP contribution >= 0.6 is 0 Å². The average molecular weight is 946 g/mol. The van der Waals surface area contributed by atoms with Gasteiger partial charge in [-0.25, -0.2) is 19.6 Å². The van der Waals surface area contributed by atoms with Gasteiger partial charge < -0.3 is 44.0 Å². The van der Waals surface area contributed by atoms with Crippen LogP contribution in [0.1, 0.15) is 138 Å². The Morgan fingerprint density at radius 1 is 0.588 bits per heavy atom. The molecule has 8 saturated heterocycles. The molecule has 15 nitrogen and oxygen atoms in total. The van der Waals surface area contributed by atoms with Crippen LogP contribution in [0.5, 0.6) is 0 Å². The minimum Gasteiger partial charge on any atom is -0.352 e. The van der Waals surface area contributed by atoms with Crippen molar-refractivity contribution in [1.82, 2.24) is 15.5 Å². The molecule has 2 amide bonds. The van der Waals surface area contributed by atoms with E-state index in [0.717, 1.165) is 88.4 Å². The van der Waals surface area contributed by atoms with Gasteiger partial charge in [-0.3, -0.25) is 9.59 Å². The SMILES string of the molecule is C[C@@H]1CCC2[C@@H](C)[C@@H](OCc3ccc(C(=O)NCCCN(C)CCCNC(=O)c4ccc(CO[C@H]5OC6O[C@]7(C)CCC8[C@H](C)CCC([C@H]5C)[C@@]68OO7)cc4)cc3)OC3O[C@@]4(C)CCC1[C@]32OO4. The molecule has 15 heteroatoms. The third-order valence-corrected chi connectivity index (χ3v) is 17.5. The number of benzene rings is 2. The highest BCUT2D eigenvalue weighted by molar-refractivity contribution is 5.94. The van der Waals surface area contributed by atoms with Gasteiger partial charge in [-0.2, -0.15) is 0 Å². The summed E-state index contributed by atoms with van der Waals surface area (Å²) in [5.74, 6) is 0.376. The number of rotatable bonds is 16. The summed E-state index contributed by atoms with van der Waals surface area (Å²) in [5.41, 5.74) is 1.92. The second-order valence-electron chi connectivity index (χ2n) is 22.1. The zero-order valence-electron chi connectivity index (χ0n) is 41.2. The monoisotopic (exact) mass is 946 g/mol. The van der Waals surface area contributed by atoms with E-state index < -0.39 is 47.9 Å². The van der Waals surface area contributed by atoms with Crippen LogP contribution in [-0.4, -0.2) is 97.9 Å². The standard InChI is InChI=1S/C53H75N3O12/c1-32-10-20-42-34(3)46(61-48-52(42)40(32)22-24-50(5,63-48)65-67-52)59-30-36-12-16-38(17-13-36)44(57)54-26-8-28-56(7)29-9-27-55-45(58)39-18-14-37(15-19-39)31-60-47-35(4)43-21-11-33(2)41-23-25-51(6)64-49(62-47)53(41,43)68-66-51/h12-19,32-35,40-43,46-49H,8-11,20-31H2,1-7H3,(H,54,57)(H,55,58)/t32-,33-,34-,35-,40?,41?,42?,43?,46+,47+,48?,49?,50-,51+,52-,53-/m1/s1. The van der Waals surface area contributed by atoms with Gasteiger partial charge in [-0.15, -0.1) is 0 Å². The van der Waals surface area contributed by atoms with Crippen LogP contribution in [0.2, 0.25) is 0 Å². The highest BCUT2D eigenvalue weighted by Gasteiger charge is 2.71. The molecule has 12 rings (SSSR count). The molecule has 0 radical (unpaired) electrons. The fourth-order valence-corrected chi connectivity index (χ4v) is 13.4. The molecule has 0 aromatic heterocycles. The van der Waals surface area contributed by atoms with Crippen molar-refractivity contribution in [3.8, 4) is 0 Å². The molecular weight excluding hydrogens is 871 g/mol. The Morgan fingerprint density at radius 2 is 1.00 bits per heavy atom. The van der Waals surface area contributed by atoms with Crippen LogP contribution < -0.4 is 10.6 Å². The smallest absolute Gasteiger partial charge is 0.251 e. The van der Waals surface area contributed by atoms with E-state index in [4.69, 9.17) is 48.0 Å². The van der Waals surface area contributed by atoms with Crippen molar-refractivity contribution in [3.05, 3.63) is 70.8 Å². The molecule has 2 N–H and O–H groups in total. The molecule has 8 aliphatic heterocycles. The second kappa shape index (κ2) is 19.5. The van der Waals surface area contributed by atoms with Gasteiger partial charge in [0.15, 0.2) is 36.4 Å². The van der Waals surface area contributed by atoms with Gasteiger partial charge in [0.2, 0.25) is 11.6 Å². The van der Waals surface area contributed by atoms with Crippen molar-refractivity contribution in [2.24, 2.45) is 47.3 Å². The first kappa shape index (κ1) is 48.6. The summed E-state index contributed by atoms with van der Waals surface area (Å²) >= 11 is 0. The molecule has 374 valence electrons. The van der Waals surface area contributed by atoms with Gasteiger partial charge in [0.1, 0.15) is 0 Å². The number of nitrogens with zero attached hydrogens (tertiary/aromatic N) is 1. The van der Waals surface area contributed by atoms with E-state index in [2.05, 4.69) is 50.3 Å². The number of nitrogens with one attached hydrogen (secondary N) is 2. The number of carbonyl (C=O) groups is 2. The Kier molecular flexibility index (Phi) is 13.9. The summed E-state index contributed by atoms with van der Waals surface area (Å²) in [4.78, 5) is 52.6. The minimum absolute atomic E-state index is 0.0955. The van der Waals surface area contributed by atoms with E-state index in [-0.39, 0.29) is 35.5 Å². The molecule has 2 aromatic rings. The van der Waals surface area contributed by atoms with Crippen molar-refractivity contribution in [3.63, 3.8) is 0 Å². The highest BCUT2D eigenvalue weighted by Crippen LogP contribution is 2.62. The summed E-state index contributed by atoms with van der Waals surface area (Å²) in [6, 6.07) is 15.1. The highest BCUT2D eigenvalue weighted by atomic mass is 17.3. The molecule has 2 aliphatic carbocycles. The van der Waals surface area contributed by atoms with Gasteiger partial charge in [0.25, 0.3) is 11.8 Å². The molecule has 2 spiro atoms. The van der Waals surface area contributed by atoms with Crippen LogP contribution in [0.4, 0.5) is 0 Å².